The second kappa shape index (κ2) is 8.53. The van der Waals surface area contributed by atoms with Crippen LogP contribution in [0.2, 0.25) is 0 Å². The van der Waals surface area contributed by atoms with Crippen molar-refractivity contribution in [1.29, 1.82) is 0 Å². The fraction of sp³-hybridized carbons (Fsp3) is 0.680. The molecular formula is C25H33FN2O3. The molecule has 0 aromatic heterocycles. The van der Waals surface area contributed by atoms with Gasteiger partial charge >= 0.3 is 0 Å². The van der Waals surface area contributed by atoms with Crippen molar-refractivity contribution < 1.29 is 18.7 Å². The summed E-state index contributed by atoms with van der Waals surface area (Å²) in [6.45, 7) is 3.57. The van der Waals surface area contributed by atoms with Crippen molar-refractivity contribution in [3.05, 3.63) is 35.9 Å². The summed E-state index contributed by atoms with van der Waals surface area (Å²) >= 11 is 0. The lowest BCUT2D eigenvalue weighted by molar-refractivity contribution is -0.142. The summed E-state index contributed by atoms with van der Waals surface area (Å²) in [6.07, 6.45) is 5.25. The van der Waals surface area contributed by atoms with Gasteiger partial charge in [0.1, 0.15) is 6.17 Å². The zero-order valence-corrected chi connectivity index (χ0v) is 18.2. The molecule has 2 heterocycles. The van der Waals surface area contributed by atoms with Crippen LogP contribution in [0.25, 0.3) is 0 Å². The van der Waals surface area contributed by atoms with E-state index in [1.165, 1.54) is 12.8 Å². The Bertz CT molecular complexity index is 798. The normalized spacial score (nSPS) is 29.8. The van der Waals surface area contributed by atoms with Gasteiger partial charge in [0, 0.05) is 37.7 Å². The van der Waals surface area contributed by atoms with Crippen molar-refractivity contribution >= 4 is 11.8 Å². The summed E-state index contributed by atoms with van der Waals surface area (Å²) < 4.78 is 19.2. The maximum absolute atomic E-state index is 13.3. The summed E-state index contributed by atoms with van der Waals surface area (Å²) in [5.41, 5.74) is 0.780. The van der Waals surface area contributed by atoms with Crippen molar-refractivity contribution in [3.63, 3.8) is 0 Å². The maximum Gasteiger partial charge on any atom is 0.254 e. The van der Waals surface area contributed by atoms with E-state index in [2.05, 4.69) is 0 Å². The average Bonchev–Trinajstić information content (AvgIpc) is 3.53. The molecule has 2 aliphatic heterocycles. The van der Waals surface area contributed by atoms with E-state index in [0.717, 1.165) is 51.1 Å². The highest BCUT2D eigenvalue weighted by atomic mass is 19.1. The third-order valence-corrected chi connectivity index (χ3v) is 7.82. The molecule has 0 bridgehead atoms. The zero-order valence-electron chi connectivity index (χ0n) is 18.2. The fourth-order valence-electron chi connectivity index (χ4n) is 5.53. The highest BCUT2D eigenvalue weighted by molar-refractivity contribution is 5.94. The lowest BCUT2D eigenvalue weighted by Crippen LogP contribution is -2.49. The van der Waals surface area contributed by atoms with Gasteiger partial charge in [0.25, 0.3) is 5.91 Å². The lowest BCUT2D eigenvalue weighted by Gasteiger charge is -2.42. The van der Waals surface area contributed by atoms with Gasteiger partial charge in [-0.2, -0.15) is 0 Å². The number of amides is 2. The largest absolute Gasteiger partial charge is 0.379 e. The smallest absolute Gasteiger partial charge is 0.254 e. The zero-order chi connectivity index (χ0) is 21.4. The van der Waals surface area contributed by atoms with E-state index in [9.17, 15) is 14.0 Å². The van der Waals surface area contributed by atoms with Gasteiger partial charge in [0.15, 0.2) is 0 Å². The molecule has 31 heavy (non-hydrogen) atoms. The van der Waals surface area contributed by atoms with Crippen LogP contribution in [-0.4, -0.2) is 66.7 Å². The van der Waals surface area contributed by atoms with Crippen LogP contribution in [0.1, 0.15) is 55.3 Å². The molecule has 1 aromatic carbocycles. The Morgan fingerprint density at radius 1 is 1.06 bits per heavy atom. The second-order valence-corrected chi connectivity index (χ2v) is 10.2. The summed E-state index contributed by atoms with van der Waals surface area (Å²) in [5.74, 6) is 0.799. The maximum atomic E-state index is 13.3. The molecule has 0 unspecified atom stereocenters. The molecule has 0 N–H and O–H groups in total. The molecule has 1 atom stereocenters. The topological polar surface area (TPSA) is 49.9 Å². The van der Waals surface area contributed by atoms with Crippen molar-refractivity contribution in [2.24, 2.45) is 17.3 Å². The number of hydrogen-bond donors (Lipinski definition) is 0. The molecule has 2 aliphatic carbocycles. The van der Waals surface area contributed by atoms with Crippen LogP contribution in [0.5, 0.6) is 0 Å². The first-order valence-corrected chi connectivity index (χ1v) is 11.9. The number of nitrogens with zero attached hydrogens (tertiary/aromatic N) is 2. The van der Waals surface area contributed by atoms with Crippen LogP contribution in [0.3, 0.4) is 0 Å². The van der Waals surface area contributed by atoms with Crippen LogP contribution in [0.4, 0.5) is 4.39 Å². The first-order valence-electron chi connectivity index (χ1n) is 11.9. The van der Waals surface area contributed by atoms with Crippen LogP contribution >= 0.6 is 0 Å². The highest BCUT2D eigenvalue weighted by Crippen LogP contribution is 2.45. The van der Waals surface area contributed by atoms with Gasteiger partial charge in [-0.25, -0.2) is 4.39 Å². The molecule has 4 aliphatic rings. The summed E-state index contributed by atoms with van der Waals surface area (Å²) in [5, 5.41) is 0. The highest BCUT2D eigenvalue weighted by Gasteiger charge is 2.48. The number of piperidine rings is 1. The Morgan fingerprint density at radius 3 is 2.42 bits per heavy atom. The van der Waals surface area contributed by atoms with Gasteiger partial charge in [-0.05, 0) is 68.4 Å². The number of carbonyl (C=O) groups excluding carboxylic acids is 2. The number of hydrogen-bond acceptors (Lipinski definition) is 3. The van der Waals surface area contributed by atoms with Gasteiger partial charge in [-0.15, -0.1) is 0 Å². The Morgan fingerprint density at radius 2 is 1.77 bits per heavy atom. The van der Waals surface area contributed by atoms with Crippen LogP contribution < -0.4 is 0 Å². The fourth-order valence-corrected chi connectivity index (χ4v) is 5.53. The van der Waals surface area contributed by atoms with Gasteiger partial charge < -0.3 is 14.5 Å². The third-order valence-electron chi connectivity index (χ3n) is 7.82. The Balaban J connectivity index is 1.24. The van der Waals surface area contributed by atoms with E-state index in [4.69, 9.17) is 4.74 Å². The molecule has 2 saturated heterocycles. The van der Waals surface area contributed by atoms with Gasteiger partial charge in [0.05, 0.1) is 12.6 Å². The van der Waals surface area contributed by atoms with E-state index in [0.29, 0.717) is 25.4 Å². The molecule has 168 valence electrons. The number of likely N-dealkylation sites (tertiary alicyclic amines) is 2. The first-order chi connectivity index (χ1) is 15.0. The molecule has 1 spiro atoms. The van der Waals surface area contributed by atoms with Gasteiger partial charge in [-0.3, -0.25) is 9.59 Å². The SMILES string of the molecule is O=C(C1CC(F)C1)N1CCC2(CC1)C[C@H](COCC1CC1)N(C(=O)c1ccccc1)C2. The minimum absolute atomic E-state index is 0.0526. The number of rotatable bonds is 6. The molecular weight excluding hydrogens is 395 g/mol. The number of benzene rings is 1. The van der Waals surface area contributed by atoms with Gasteiger partial charge in [-0.1, -0.05) is 18.2 Å². The Labute approximate surface area is 183 Å². The van der Waals surface area contributed by atoms with E-state index < -0.39 is 6.17 Å². The average molecular weight is 429 g/mol. The van der Waals surface area contributed by atoms with Crippen LogP contribution in [0, 0.1) is 17.3 Å². The predicted molar refractivity (Wildman–Crippen MR) is 115 cm³/mol. The van der Waals surface area contributed by atoms with Gasteiger partial charge in [0.2, 0.25) is 5.91 Å². The molecule has 2 amide bonds. The van der Waals surface area contributed by atoms with E-state index in [1.54, 1.807) is 0 Å². The minimum atomic E-state index is -0.797. The first kappa shape index (κ1) is 20.9. The molecule has 0 radical (unpaired) electrons. The van der Waals surface area contributed by atoms with Crippen LogP contribution in [0.15, 0.2) is 30.3 Å². The summed E-state index contributed by atoms with van der Waals surface area (Å²) in [7, 11) is 0. The quantitative estimate of drug-likeness (QED) is 0.695. The summed E-state index contributed by atoms with van der Waals surface area (Å²) in [4.78, 5) is 29.9. The number of alkyl halides is 1. The molecule has 5 rings (SSSR count). The molecule has 2 saturated carbocycles. The van der Waals surface area contributed by atoms with Crippen molar-refractivity contribution in [2.45, 2.75) is 57.2 Å². The molecule has 5 nitrogen and oxygen atoms in total. The summed E-state index contributed by atoms with van der Waals surface area (Å²) in [6, 6.07) is 9.60. The lowest BCUT2D eigenvalue weighted by atomic mass is 9.75. The Kier molecular flexibility index (Phi) is 5.76. The predicted octanol–water partition coefficient (Wildman–Crippen LogP) is 3.68. The monoisotopic (exact) mass is 428 g/mol. The third kappa shape index (κ3) is 4.50. The Hall–Kier alpha value is -1.95. The number of halogens is 1. The molecule has 4 fully saturated rings. The van der Waals surface area contributed by atoms with E-state index >= 15 is 0 Å². The second-order valence-electron chi connectivity index (χ2n) is 10.2. The van der Waals surface area contributed by atoms with Crippen molar-refractivity contribution in [2.75, 3.05) is 32.8 Å². The standard InChI is InChI=1S/C25H33FN2O3/c26-21-12-20(13-21)23(29)27-10-8-25(9-11-27)14-22(16-31-15-18-6-7-18)28(17-25)24(30)19-4-2-1-3-5-19/h1-5,18,20-22H,6-17H2/t20?,21?,22-/m1/s1. The number of ether oxygens (including phenoxy) is 1. The van der Waals surface area contributed by atoms with Crippen molar-refractivity contribution in [3.8, 4) is 0 Å². The van der Waals surface area contributed by atoms with Crippen molar-refractivity contribution in [1.82, 2.24) is 9.80 Å². The van der Waals surface area contributed by atoms with E-state index in [1.807, 2.05) is 40.1 Å². The van der Waals surface area contributed by atoms with Crippen LogP contribution in [-0.2, 0) is 9.53 Å². The molecule has 1 aromatic rings. The number of carbonyl (C=O) groups is 2. The minimum Gasteiger partial charge on any atom is -0.379 e. The molecule has 6 heteroatoms. The van der Waals surface area contributed by atoms with E-state index in [-0.39, 0.29) is 29.2 Å².